The lowest BCUT2D eigenvalue weighted by molar-refractivity contribution is -0.118. The molecule has 5 nitrogen and oxygen atoms in total. The van der Waals surface area contributed by atoms with Gasteiger partial charge in [-0.3, -0.25) is 4.79 Å². The normalized spacial score (nSPS) is 10.0. The number of halogens is 1. The second-order valence-electron chi connectivity index (χ2n) is 4.82. The molecule has 23 heavy (non-hydrogen) atoms. The molecule has 1 N–H and O–H groups in total. The number of aryl methyl sites for hydroxylation is 1. The molecule has 1 amide bonds. The van der Waals surface area contributed by atoms with Gasteiger partial charge in [0, 0.05) is 5.69 Å². The molecule has 2 rings (SSSR count). The van der Waals surface area contributed by atoms with Crippen molar-refractivity contribution in [3.8, 4) is 5.75 Å². The van der Waals surface area contributed by atoms with Crippen LogP contribution < -0.4 is 10.1 Å². The number of nitrogens with one attached hydrogen (secondary N) is 1. The molecule has 0 spiro atoms. The highest BCUT2D eigenvalue weighted by atomic mass is 19.1. The zero-order valence-electron chi connectivity index (χ0n) is 12.8. The van der Waals surface area contributed by atoms with E-state index in [0.29, 0.717) is 22.6 Å². The Hall–Kier alpha value is -2.89. The van der Waals surface area contributed by atoms with Gasteiger partial charge in [-0.1, -0.05) is 12.1 Å². The minimum Gasteiger partial charge on any atom is -0.484 e. The van der Waals surface area contributed by atoms with E-state index in [1.807, 2.05) is 0 Å². The summed E-state index contributed by atoms with van der Waals surface area (Å²) in [5.41, 5.74) is 1.18. The number of anilines is 1. The van der Waals surface area contributed by atoms with E-state index in [0.717, 1.165) is 0 Å². The predicted octanol–water partition coefficient (Wildman–Crippen LogP) is 2.94. The van der Waals surface area contributed by atoms with Gasteiger partial charge in [0.25, 0.3) is 5.91 Å². The predicted molar refractivity (Wildman–Crippen MR) is 83.0 cm³/mol. The summed E-state index contributed by atoms with van der Waals surface area (Å²) in [7, 11) is 1.28. The summed E-state index contributed by atoms with van der Waals surface area (Å²) in [6.45, 7) is 1.37. The summed E-state index contributed by atoms with van der Waals surface area (Å²) in [5, 5.41) is 2.53. The molecule has 0 saturated heterocycles. The number of rotatable bonds is 5. The van der Waals surface area contributed by atoms with Crippen LogP contribution in [0.1, 0.15) is 15.9 Å². The van der Waals surface area contributed by atoms with E-state index < -0.39 is 17.7 Å². The van der Waals surface area contributed by atoms with Gasteiger partial charge in [-0.2, -0.15) is 0 Å². The molecule has 0 saturated carbocycles. The molecule has 0 bridgehead atoms. The topological polar surface area (TPSA) is 64.6 Å². The lowest BCUT2D eigenvalue weighted by atomic mass is 10.2. The van der Waals surface area contributed by atoms with Gasteiger partial charge >= 0.3 is 5.97 Å². The Kier molecular flexibility index (Phi) is 5.30. The summed E-state index contributed by atoms with van der Waals surface area (Å²) in [4.78, 5) is 23.2. The lowest BCUT2D eigenvalue weighted by Gasteiger charge is -2.09. The van der Waals surface area contributed by atoms with Gasteiger partial charge in [0.2, 0.25) is 0 Å². The highest BCUT2D eigenvalue weighted by Gasteiger charge is 2.08. The third-order valence-corrected chi connectivity index (χ3v) is 3.08. The minimum atomic E-state index is -0.491. The van der Waals surface area contributed by atoms with E-state index in [1.165, 1.54) is 19.2 Å². The van der Waals surface area contributed by atoms with Crippen molar-refractivity contribution in [3.63, 3.8) is 0 Å². The fourth-order valence-corrected chi connectivity index (χ4v) is 1.85. The van der Waals surface area contributed by atoms with Crippen molar-refractivity contribution in [2.24, 2.45) is 0 Å². The van der Waals surface area contributed by atoms with Crippen molar-refractivity contribution in [1.82, 2.24) is 0 Å². The lowest BCUT2D eigenvalue weighted by Crippen LogP contribution is -2.20. The first kappa shape index (κ1) is 16.5. The Morgan fingerprint density at radius 2 is 1.96 bits per heavy atom. The zero-order valence-corrected chi connectivity index (χ0v) is 12.8. The highest BCUT2D eigenvalue weighted by Crippen LogP contribution is 2.15. The molecule has 0 unspecified atom stereocenters. The van der Waals surface area contributed by atoms with Crippen molar-refractivity contribution in [2.45, 2.75) is 6.92 Å². The van der Waals surface area contributed by atoms with Crippen molar-refractivity contribution >= 4 is 17.6 Å². The van der Waals surface area contributed by atoms with Crippen LogP contribution >= 0.6 is 0 Å². The number of methoxy groups -OCH3 is 1. The number of benzene rings is 2. The third-order valence-electron chi connectivity index (χ3n) is 3.08. The van der Waals surface area contributed by atoms with Gasteiger partial charge in [-0.15, -0.1) is 0 Å². The number of amides is 1. The van der Waals surface area contributed by atoms with E-state index in [9.17, 15) is 14.0 Å². The summed E-state index contributed by atoms with van der Waals surface area (Å²) in [5.74, 6) is -0.959. The Morgan fingerprint density at radius 3 is 2.65 bits per heavy atom. The van der Waals surface area contributed by atoms with Crippen LogP contribution in [0, 0.1) is 12.7 Å². The molecule has 0 aliphatic rings. The molecule has 120 valence electrons. The standard InChI is InChI=1S/C17H16FNO4/c1-11-6-7-13(9-15(11)18)19-16(20)10-23-14-5-3-4-12(8-14)17(21)22-2/h3-9H,10H2,1-2H3,(H,19,20). The van der Waals surface area contributed by atoms with Gasteiger partial charge in [0.05, 0.1) is 12.7 Å². The minimum absolute atomic E-state index is 0.264. The van der Waals surface area contributed by atoms with E-state index in [2.05, 4.69) is 10.1 Å². The average Bonchev–Trinajstić information content (AvgIpc) is 2.56. The summed E-state index contributed by atoms with van der Waals surface area (Å²) in [6, 6.07) is 10.7. The summed E-state index contributed by atoms with van der Waals surface area (Å²) in [6.07, 6.45) is 0. The number of ether oxygens (including phenoxy) is 2. The van der Waals surface area contributed by atoms with Crippen molar-refractivity contribution < 1.29 is 23.5 Å². The Morgan fingerprint density at radius 1 is 1.17 bits per heavy atom. The maximum atomic E-state index is 13.4. The Balaban J connectivity index is 1.94. The SMILES string of the molecule is COC(=O)c1cccc(OCC(=O)Nc2ccc(C)c(F)c2)c1. The maximum absolute atomic E-state index is 13.4. The number of hydrogen-bond acceptors (Lipinski definition) is 4. The molecule has 0 radical (unpaired) electrons. The van der Waals surface area contributed by atoms with Gasteiger partial charge in [-0.05, 0) is 42.8 Å². The van der Waals surface area contributed by atoms with Crippen LogP contribution in [0.3, 0.4) is 0 Å². The Labute approximate surface area is 133 Å². The molecule has 0 aliphatic carbocycles. The van der Waals surface area contributed by atoms with Crippen LogP contribution in [0.2, 0.25) is 0 Å². The van der Waals surface area contributed by atoms with Crippen LogP contribution in [0.5, 0.6) is 5.75 Å². The number of esters is 1. The van der Waals surface area contributed by atoms with Crippen LogP contribution in [-0.2, 0) is 9.53 Å². The molecule has 2 aromatic carbocycles. The number of hydrogen-bond donors (Lipinski definition) is 1. The number of carbonyl (C=O) groups is 2. The van der Waals surface area contributed by atoms with Crippen molar-refractivity contribution in [3.05, 3.63) is 59.4 Å². The average molecular weight is 317 g/mol. The van der Waals surface area contributed by atoms with Crippen LogP contribution in [-0.4, -0.2) is 25.6 Å². The first-order valence-corrected chi connectivity index (χ1v) is 6.87. The van der Waals surface area contributed by atoms with Crippen molar-refractivity contribution in [2.75, 3.05) is 19.0 Å². The van der Waals surface area contributed by atoms with E-state index in [4.69, 9.17) is 4.74 Å². The molecule has 0 aromatic heterocycles. The maximum Gasteiger partial charge on any atom is 0.337 e. The summed E-state index contributed by atoms with van der Waals surface area (Å²) < 4.78 is 23.3. The fraction of sp³-hybridized carbons (Fsp3) is 0.176. The van der Waals surface area contributed by atoms with Gasteiger partial charge < -0.3 is 14.8 Å². The van der Waals surface area contributed by atoms with Crippen LogP contribution in [0.4, 0.5) is 10.1 Å². The van der Waals surface area contributed by atoms with Gasteiger partial charge in [-0.25, -0.2) is 9.18 Å². The Bertz CT molecular complexity index is 730. The molecule has 0 fully saturated rings. The van der Waals surface area contributed by atoms with E-state index in [-0.39, 0.29) is 6.61 Å². The fourth-order valence-electron chi connectivity index (χ4n) is 1.85. The first-order valence-electron chi connectivity index (χ1n) is 6.87. The molecule has 0 heterocycles. The molecular weight excluding hydrogens is 301 g/mol. The van der Waals surface area contributed by atoms with Crippen molar-refractivity contribution in [1.29, 1.82) is 0 Å². The molecule has 0 aliphatic heterocycles. The second-order valence-corrected chi connectivity index (χ2v) is 4.82. The van der Waals surface area contributed by atoms with E-state index in [1.54, 1.807) is 37.3 Å². The molecule has 0 atom stereocenters. The smallest absolute Gasteiger partial charge is 0.337 e. The third kappa shape index (κ3) is 4.54. The zero-order chi connectivity index (χ0) is 16.8. The van der Waals surface area contributed by atoms with Crippen LogP contribution in [0.25, 0.3) is 0 Å². The molecule has 6 heteroatoms. The second kappa shape index (κ2) is 7.40. The molecular formula is C17H16FNO4. The quantitative estimate of drug-likeness (QED) is 0.861. The van der Waals surface area contributed by atoms with Gasteiger partial charge in [0.1, 0.15) is 11.6 Å². The largest absolute Gasteiger partial charge is 0.484 e. The van der Waals surface area contributed by atoms with Gasteiger partial charge in [0.15, 0.2) is 6.61 Å². The number of carbonyl (C=O) groups excluding carboxylic acids is 2. The highest BCUT2D eigenvalue weighted by molar-refractivity contribution is 5.92. The van der Waals surface area contributed by atoms with Crippen LogP contribution in [0.15, 0.2) is 42.5 Å². The summed E-state index contributed by atoms with van der Waals surface area (Å²) >= 11 is 0. The first-order chi connectivity index (χ1) is 11.0. The molecule has 2 aromatic rings. The monoisotopic (exact) mass is 317 g/mol. The van der Waals surface area contributed by atoms with E-state index >= 15 is 0 Å².